The van der Waals surface area contributed by atoms with E-state index in [1.807, 2.05) is 0 Å². The Morgan fingerprint density at radius 1 is 1.23 bits per heavy atom. The highest BCUT2D eigenvalue weighted by atomic mass is 14.8. The summed E-state index contributed by atoms with van der Waals surface area (Å²) in [5.41, 5.74) is 0.437. The van der Waals surface area contributed by atoms with Crippen molar-refractivity contribution in [2.24, 2.45) is 17.3 Å². The topological polar surface area (TPSA) is 12.0 Å². The zero-order chi connectivity index (χ0) is 10.5. The molecule has 0 heterocycles. The third-order valence-corrected chi connectivity index (χ3v) is 3.06. The van der Waals surface area contributed by atoms with Crippen molar-refractivity contribution in [2.45, 2.75) is 47.5 Å². The Bertz CT molecular complexity index is 124. The van der Waals surface area contributed by atoms with E-state index >= 15 is 0 Å². The second kappa shape index (κ2) is 5.64. The maximum atomic E-state index is 3.30. The Balaban J connectivity index is 4.10. The molecule has 0 aliphatic rings. The van der Waals surface area contributed by atoms with E-state index in [0.717, 1.165) is 18.4 Å². The fourth-order valence-electron chi connectivity index (χ4n) is 1.64. The van der Waals surface area contributed by atoms with Gasteiger partial charge in [0.2, 0.25) is 0 Å². The molecule has 0 saturated carbocycles. The van der Waals surface area contributed by atoms with Gasteiger partial charge in [0.1, 0.15) is 0 Å². The summed E-state index contributed by atoms with van der Waals surface area (Å²) in [7, 11) is 2.05. The lowest BCUT2D eigenvalue weighted by atomic mass is 9.75. The van der Waals surface area contributed by atoms with Gasteiger partial charge in [-0.15, -0.1) is 0 Å². The standard InChI is InChI=1S/C12H27N/c1-7-10(2)8-11(9-13-6)12(3,4)5/h10-11,13H,7-9H2,1-6H3. The van der Waals surface area contributed by atoms with E-state index in [-0.39, 0.29) is 0 Å². The zero-order valence-electron chi connectivity index (χ0n) is 10.3. The maximum absolute atomic E-state index is 3.30. The summed E-state index contributed by atoms with van der Waals surface area (Å²) in [6.45, 7) is 12.8. The Hall–Kier alpha value is -0.0400. The van der Waals surface area contributed by atoms with Gasteiger partial charge in [0.05, 0.1) is 0 Å². The smallest absolute Gasteiger partial charge is 0.00184 e. The second-order valence-electron chi connectivity index (χ2n) is 5.37. The lowest BCUT2D eigenvalue weighted by molar-refractivity contribution is 0.195. The Morgan fingerprint density at radius 3 is 2.08 bits per heavy atom. The second-order valence-corrected chi connectivity index (χ2v) is 5.37. The molecule has 0 rings (SSSR count). The van der Waals surface area contributed by atoms with Gasteiger partial charge in [-0.25, -0.2) is 0 Å². The minimum absolute atomic E-state index is 0.437. The van der Waals surface area contributed by atoms with Gasteiger partial charge in [-0.3, -0.25) is 0 Å². The fraction of sp³-hybridized carbons (Fsp3) is 1.00. The van der Waals surface area contributed by atoms with Gasteiger partial charge in [0.15, 0.2) is 0 Å². The average molecular weight is 185 g/mol. The average Bonchev–Trinajstić information content (AvgIpc) is 2.01. The highest BCUT2D eigenvalue weighted by molar-refractivity contribution is 4.76. The maximum Gasteiger partial charge on any atom is -0.00184 e. The van der Waals surface area contributed by atoms with Crippen LogP contribution in [0, 0.1) is 17.3 Å². The van der Waals surface area contributed by atoms with Gasteiger partial charge < -0.3 is 5.32 Å². The normalized spacial score (nSPS) is 17.1. The molecule has 80 valence electrons. The SMILES string of the molecule is CCC(C)CC(CNC)C(C)(C)C. The zero-order valence-corrected chi connectivity index (χ0v) is 10.3. The van der Waals surface area contributed by atoms with Crippen molar-refractivity contribution in [3.8, 4) is 0 Å². The van der Waals surface area contributed by atoms with E-state index in [2.05, 4.69) is 47.0 Å². The quantitative estimate of drug-likeness (QED) is 0.693. The number of hydrogen-bond donors (Lipinski definition) is 1. The summed E-state index contributed by atoms with van der Waals surface area (Å²) in [6.07, 6.45) is 2.65. The molecule has 2 unspecified atom stereocenters. The van der Waals surface area contributed by atoms with Crippen molar-refractivity contribution in [3.63, 3.8) is 0 Å². The minimum Gasteiger partial charge on any atom is -0.319 e. The molecule has 13 heavy (non-hydrogen) atoms. The van der Waals surface area contributed by atoms with Crippen LogP contribution in [-0.4, -0.2) is 13.6 Å². The summed E-state index contributed by atoms with van der Waals surface area (Å²) in [5, 5.41) is 3.30. The number of hydrogen-bond acceptors (Lipinski definition) is 1. The predicted molar refractivity (Wildman–Crippen MR) is 60.9 cm³/mol. The molecule has 0 aliphatic carbocycles. The summed E-state index contributed by atoms with van der Waals surface area (Å²) in [6, 6.07) is 0. The molecule has 0 aromatic rings. The molecule has 0 aromatic heterocycles. The van der Waals surface area contributed by atoms with Crippen LogP contribution in [0.15, 0.2) is 0 Å². The van der Waals surface area contributed by atoms with Crippen molar-refractivity contribution in [1.82, 2.24) is 5.32 Å². The van der Waals surface area contributed by atoms with Gasteiger partial charge in [0.25, 0.3) is 0 Å². The molecule has 0 amide bonds. The number of nitrogens with one attached hydrogen (secondary N) is 1. The van der Waals surface area contributed by atoms with Crippen molar-refractivity contribution >= 4 is 0 Å². The van der Waals surface area contributed by atoms with E-state index in [1.165, 1.54) is 12.8 Å². The first-order valence-corrected chi connectivity index (χ1v) is 5.56. The summed E-state index contributed by atoms with van der Waals surface area (Å²) in [4.78, 5) is 0. The Kier molecular flexibility index (Phi) is 5.62. The van der Waals surface area contributed by atoms with Crippen molar-refractivity contribution < 1.29 is 0 Å². The molecule has 0 saturated heterocycles. The summed E-state index contributed by atoms with van der Waals surface area (Å²) in [5.74, 6) is 1.66. The van der Waals surface area contributed by atoms with Crippen molar-refractivity contribution in [2.75, 3.05) is 13.6 Å². The van der Waals surface area contributed by atoms with Crippen LogP contribution in [0.2, 0.25) is 0 Å². The first-order valence-electron chi connectivity index (χ1n) is 5.56. The van der Waals surface area contributed by atoms with Crippen LogP contribution in [0.1, 0.15) is 47.5 Å². The van der Waals surface area contributed by atoms with E-state index in [4.69, 9.17) is 0 Å². The van der Waals surface area contributed by atoms with Crippen LogP contribution < -0.4 is 5.32 Å². The van der Waals surface area contributed by atoms with Gasteiger partial charge >= 0.3 is 0 Å². The molecule has 1 nitrogen and oxygen atoms in total. The molecule has 0 fully saturated rings. The molecule has 0 aromatic carbocycles. The fourth-order valence-corrected chi connectivity index (χ4v) is 1.64. The summed E-state index contributed by atoms with van der Waals surface area (Å²) < 4.78 is 0. The highest BCUT2D eigenvalue weighted by Crippen LogP contribution is 2.31. The van der Waals surface area contributed by atoms with Crippen molar-refractivity contribution in [1.29, 1.82) is 0 Å². The molecule has 2 atom stereocenters. The van der Waals surface area contributed by atoms with Crippen LogP contribution in [0.25, 0.3) is 0 Å². The monoisotopic (exact) mass is 185 g/mol. The summed E-state index contributed by atoms with van der Waals surface area (Å²) >= 11 is 0. The lowest BCUT2D eigenvalue weighted by Crippen LogP contribution is -2.31. The van der Waals surface area contributed by atoms with Crippen LogP contribution in [0.4, 0.5) is 0 Å². The molecular formula is C12H27N. The van der Waals surface area contributed by atoms with Gasteiger partial charge in [-0.1, -0.05) is 41.0 Å². The van der Waals surface area contributed by atoms with E-state index < -0.39 is 0 Å². The molecule has 0 bridgehead atoms. The molecule has 1 N–H and O–H groups in total. The van der Waals surface area contributed by atoms with Crippen molar-refractivity contribution in [3.05, 3.63) is 0 Å². The molecular weight excluding hydrogens is 158 g/mol. The first kappa shape index (κ1) is 13.0. The Morgan fingerprint density at radius 2 is 1.77 bits per heavy atom. The Labute approximate surface area is 84.3 Å². The highest BCUT2D eigenvalue weighted by Gasteiger charge is 2.24. The third-order valence-electron chi connectivity index (χ3n) is 3.06. The van der Waals surface area contributed by atoms with Crippen LogP contribution in [0.5, 0.6) is 0 Å². The minimum atomic E-state index is 0.437. The molecule has 0 radical (unpaired) electrons. The lowest BCUT2D eigenvalue weighted by Gasteiger charge is -2.32. The van der Waals surface area contributed by atoms with Gasteiger partial charge in [0, 0.05) is 0 Å². The molecule has 0 aliphatic heterocycles. The molecule has 1 heteroatoms. The molecule has 0 spiro atoms. The van der Waals surface area contributed by atoms with Gasteiger partial charge in [-0.2, -0.15) is 0 Å². The number of rotatable bonds is 5. The third kappa shape index (κ3) is 5.30. The predicted octanol–water partition coefficient (Wildman–Crippen LogP) is 3.30. The van der Waals surface area contributed by atoms with Crippen LogP contribution >= 0.6 is 0 Å². The van der Waals surface area contributed by atoms with Crippen LogP contribution in [0.3, 0.4) is 0 Å². The van der Waals surface area contributed by atoms with E-state index in [9.17, 15) is 0 Å². The van der Waals surface area contributed by atoms with E-state index in [0.29, 0.717) is 5.41 Å². The largest absolute Gasteiger partial charge is 0.319 e. The first-order chi connectivity index (χ1) is 5.91. The van der Waals surface area contributed by atoms with E-state index in [1.54, 1.807) is 0 Å². The van der Waals surface area contributed by atoms with Gasteiger partial charge in [-0.05, 0) is 37.3 Å². The van der Waals surface area contributed by atoms with Crippen LogP contribution in [-0.2, 0) is 0 Å².